The molecule has 0 bridgehead atoms. The number of carbonyl (C=O) groups is 2. The number of hydrogen-bond acceptors (Lipinski definition) is 2. The van der Waals surface area contributed by atoms with Crippen LogP contribution in [0.4, 0.5) is 4.79 Å². The monoisotopic (exact) mass is 343 g/mol. The van der Waals surface area contributed by atoms with Crippen LogP contribution in [0.15, 0.2) is 24.3 Å². The second-order valence-electron chi connectivity index (χ2n) is 7.44. The topological polar surface area (TPSA) is 52.7 Å². The van der Waals surface area contributed by atoms with Crippen LogP contribution in [0.25, 0.3) is 0 Å². The second-order valence-corrected chi connectivity index (χ2v) is 7.44. The van der Waals surface area contributed by atoms with Crippen LogP contribution >= 0.6 is 0 Å². The van der Waals surface area contributed by atoms with E-state index in [2.05, 4.69) is 43.4 Å². The van der Waals surface area contributed by atoms with Crippen molar-refractivity contribution in [2.75, 3.05) is 32.7 Å². The van der Waals surface area contributed by atoms with Gasteiger partial charge in [0, 0.05) is 38.6 Å². The van der Waals surface area contributed by atoms with Gasteiger partial charge in [-0.2, -0.15) is 0 Å². The highest BCUT2D eigenvalue weighted by Crippen LogP contribution is 2.31. The van der Waals surface area contributed by atoms with Crippen LogP contribution in [0.3, 0.4) is 0 Å². The molecule has 1 aromatic carbocycles. The van der Waals surface area contributed by atoms with E-state index in [4.69, 9.17) is 0 Å². The van der Waals surface area contributed by atoms with Crippen molar-refractivity contribution in [3.63, 3.8) is 0 Å². The fourth-order valence-electron chi connectivity index (χ4n) is 3.38. The third-order valence-corrected chi connectivity index (χ3v) is 5.19. The predicted octanol–water partition coefficient (Wildman–Crippen LogP) is 2.75. The van der Waals surface area contributed by atoms with Crippen molar-refractivity contribution in [1.29, 1.82) is 0 Å². The number of aryl methyl sites for hydroxylation is 1. The molecule has 2 aliphatic rings. The van der Waals surface area contributed by atoms with Gasteiger partial charge in [0.2, 0.25) is 5.91 Å². The Labute approximate surface area is 150 Å². The number of amides is 3. The van der Waals surface area contributed by atoms with Crippen molar-refractivity contribution in [2.45, 2.75) is 39.0 Å². The molecule has 3 rings (SSSR count). The molecule has 0 aromatic heterocycles. The van der Waals surface area contributed by atoms with Crippen molar-refractivity contribution in [1.82, 2.24) is 15.1 Å². The Kier molecular flexibility index (Phi) is 5.61. The summed E-state index contributed by atoms with van der Waals surface area (Å²) in [6, 6.07) is 8.41. The maximum Gasteiger partial charge on any atom is 0.317 e. The normalized spacial score (nSPS) is 19.3. The van der Waals surface area contributed by atoms with E-state index < -0.39 is 0 Å². The average Bonchev–Trinajstić information content (AvgIpc) is 3.45. The van der Waals surface area contributed by atoms with E-state index in [1.165, 1.54) is 11.1 Å². The highest BCUT2D eigenvalue weighted by atomic mass is 16.2. The lowest BCUT2D eigenvalue weighted by molar-refractivity contribution is -0.132. The fourth-order valence-corrected chi connectivity index (χ4v) is 3.38. The van der Waals surface area contributed by atoms with Gasteiger partial charge in [0.1, 0.15) is 0 Å². The zero-order valence-corrected chi connectivity index (χ0v) is 15.3. The summed E-state index contributed by atoms with van der Waals surface area (Å²) in [5.41, 5.74) is 2.49. The summed E-state index contributed by atoms with van der Waals surface area (Å²) in [4.78, 5) is 28.5. The predicted molar refractivity (Wildman–Crippen MR) is 98.5 cm³/mol. The minimum atomic E-state index is -0.0137. The van der Waals surface area contributed by atoms with Gasteiger partial charge in [-0.1, -0.05) is 36.8 Å². The molecule has 1 aromatic rings. The Hall–Kier alpha value is -2.04. The molecular formula is C20H29N3O2. The first-order valence-corrected chi connectivity index (χ1v) is 9.42. The summed E-state index contributed by atoms with van der Waals surface area (Å²) < 4.78 is 0. The van der Waals surface area contributed by atoms with Gasteiger partial charge in [-0.3, -0.25) is 4.79 Å². The maximum absolute atomic E-state index is 12.5. The minimum absolute atomic E-state index is 0.0137. The Morgan fingerprint density at radius 2 is 1.88 bits per heavy atom. The van der Waals surface area contributed by atoms with Crippen LogP contribution < -0.4 is 5.32 Å². The van der Waals surface area contributed by atoms with Crippen molar-refractivity contribution < 1.29 is 9.59 Å². The highest BCUT2D eigenvalue weighted by Gasteiger charge is 2.34. The Morgan fingerprint density at radius 1 is 1.16 bits per heavy atom. The number of rotatable bonds is 4. The number of nitrogens with zero attached hydrogens (tertiary/aromatic N) is 2. The molecule has 1 atom stereocenters. The van der Waals surface area contributed by atoms with E-state index in [1.54, 1.807) is 0 Å². The second kappa shape index (κ2) is 7.89. The van der Waals surface area contributed by atoms with Gasteiger partial charge in [0.25, 0.3) is 0 Å². The van der Waals surface area contributed by atoms with Gasteiger partial charge < -0.3 is 15.1 Å². The quantitative estimate of drug-likeness (QED) is 0.914. The van der Waals surface area contributed by atoms with Crippen molar-refractivity contribution in [2.24, 2.45) is 5.92 Å². The van der Waals surface area contributed by atoms with Crippen LogP contribution in [-0.2, 0) is 4.79 Å². The molecule has 1 N–H and O–H groups in total. The molecule has 25 heavy (non-hydrogen) atoms. The van der Waals surface area contributed by atoms with Crippen molar-refractivity contribution >= 4 is 11.9 Å². The van der Waals surface area contributed by atoms with Gasteiger partial charge in [0.15, 0.2) is 0 Å². The summed E-state index contributed by atoms with van der Waals surface area (Å²) in [6.07, 6.45) is 2.94. The smallest absolute Gasteiger partial charge is 0.317 e. The van der Waals surface area contributed by atoms with Gasteiger partial charge in [-0.05, 0) is 37.7 Å². The van der Waals surface area contributed by atoms with Crippen molar-refractivity contribution in [3.8, 4) is 0 Å². The third-order valence-electron chi connectivity index (χ3n) is 5.19. The molecule has 5 nitrogen and oxygen atoms in total. The molecule has 1 saturated carbocycles. The number of nitrogens with one attached hydrogen (secondary N) is 1. The first-order chi connectivity index (χ1) is 12.0. The van der Waals surface area contributed by atoms with Gasteiger partial charge >= 0.3 is 6.03 Å². The largest absolute Gasteiger partial charge is 0.341 e. The molecule has 3 amide bonds. The third kappa shape index (κ3) is 4.74. The van der Waals surface area contributed by atoms with E-state index in [1.807, 2.05) is 9.80 Å². The molecule has 1 unspecified atom stereocenters. The molecule has 2 fully saturated rings. The minimum Gasteiger partial charge on any atom is -0.341 e. The lowest BCUT2D eigenvalue weighted by Gasteiger charge is -2.23. The highest BCUT2D eigenvalue weighted by molar-refractivity contribution is 5.81. The van der Waals surface area contributed by atoms with E-state index in [-0.39, 0.29) is 23.8 Å². The molecule has 0 spiro atoms. The lowest BCUT2D eigenvalue weighted by Crippen LogP contribution is -2.43. The number of urea groups is 1. The molecular weight excluding hydrogens is 314 g/mol. The Balaban J connectivity index is 1.47. The first kappa shape index (κ1) is 17.8. The number of benzene rings is 1. The van der Waals surface area contributed by atoms with E-state index in [9.17, 15) is 9.59 Å². The van der Waals surface area contributed by atoms with Crippen LogP contribution in [0.2, 0.25) is 0 Å². The van der Waals surface area contributed by atoms with Crippen LogP contribution in [-0.4, -0.2) is 54.5 Å². The first-order valence-electron chi connectivity index (χ1n) is 9.42. The average molecular weight is 343 g/mol. The summed E-state index contributed by atoms with van der Waals surface area (Å²) in [6.45, 7) is 7.63. The standard InChI is InChI=1S/C20H29N3O2/c1-15-5-3-6-18(13-15)16(2)14-21-20(25)23-10-4-9-22(11-12-23)19(24)17-7-8-17/h3,5-6,13,16-17H,4,7-12,14H2,1-2H3,(H,21,25). The van der Waals surface area contributed by atoms with Crippen LogP contribution in [0.5, 0.6) is 0 Å². The van der Waals surface area contributed by atoms with E-state index in [0.717, 1.165) is 32.4 Å². The molecule has 1 aliphatic heterocycles. The number of hydrogen-bond donors (Lipinski definition) is 1. The molecule has 1 aliphatic carbocycles. The summed E-state index contributed by atoms with van der Waals surface area (Å²) in [5, 5.41) is 3.06. The van der Waals surface area contributed by atoms with Crippen molar-refractivity contribution in [3.05, 3.63) is 35.4 Å². The van der Waals surface area contributed by atoms with Crippen LogP contribution in [0, 0.1) is 12.8 Å². The lowest BCUT2D eigenvalue weighted by atomic mass is 9.99. The van der Waals surface area contributed by atoms with Gasteiger partial charge in [-0.15, -0.1) is 0 Å². The molecule has 5 heteroatoms. The van der Waals surface area contributed by atoms with Gasteiger partial charge in [-0.25, -0.2) is 4.79 Å². The Bertz CT molecular complexity index is 627. The zero-order chi connectivity index (χ0) is 17.8. The van der Waals surface area contributed by atoms with E-state index in [0.29, 0.717) is 19.6 Å². The molecule has 136 valence electrons. The summed E-state index contributed by atoms with van der Waals surface area (Å²) in [7, 11) is 0. The maximum atomic E-state index is 12.5. The number of carbonyl (C=O) groups excluding carboxylic acids is 2. The fraction of sp³-hybridized carbons (Fsp3) is 0.600. The SMILES string of the molecule is Cc1cccc(C(C)CNC(=O)N2CCCN(C(=O)C3CC3)CC2)c1. The van der Waals surface area contributed by atoms with Crippen LogP contribution in [0.1, 0.15) is 43.2 Å². The summed E-state index contributed by atoms with van der Waals surface area (Å²) >= 11 is 0. The molecule has 0 radical (unpaired) electrons. The zero-order valence-electron chi connectivity index (χ0n) is 15.3. The molecule has 1 heterocycles. The molecule has 1 saturated heterocycles. The Morgan fingerprint density at radius 3 is 2.60 bits per heavy atom. The van der Waals surface area contributed by atoms with E-state index >= 15 is 0 Å². The summed E-state index contributed by atoms with van der Waals surface area (Å²) in [5.74, 6) is 0.828. The van der Waals surface area contributed by atoms with Gasteiger partial charge in [0.05, 0.1) is 0 Å².